The van der Waals surface area contributed by atoms with E-state index in [4.69, 9.17) is 4.18 Å². The maximum absolute atomic E-state index is 11.3. The SMILES string of the molecule is CC1(C)CC(C)(C)S(=O)(=O)O1. The maximum atomic E-state index is 11.3. The van der Waals surface area contributed by atoms with Gasteiger partial charge in [-0.15, -0.1) is 0 Å². The first-order valence-electron chi connectivity index (χ1n) is 3.62. The summed E-state index contributed by atoms with van der Waals surface area (Å²) in [6, 6.07) is 0. The van der Waals surface area contributed by atoms with Crippen molar-refractivity contribution in [2.45, 2.75) is 44.5 Å². The Bertz CT molecular complexity index is 261. The van der Waals surface area contributed by atoms with E-state index in [2.05, 4.69) is 0 Å². The lowest BCUT2D eigenvalue weighted by Gasteiger charge is -2.14. The third kappa shape index (κ3) is 1.42. The molecule has 1 aliphatic rings. The van der Waals surface area contributed by atoms with Crippen LogP contribution in [0.25, 0.3) is 0 Å². The Labute approximate surface area is 67.9 Å². The van der Waals surface area contributed by atoms with Crippen molar-refractivity contribution in [3.05, 3.63) is 0 Å². The van der Waals surface area contributed by atoms with Crippen molar-refractivity contribution in [3.63, 3.8) is 0 Å². The third-order valence-corrected chi connectivity index (χ3v) is 4.03. The second kappa shape index (κ2) is 1.98. The van der Waals surface area contributed by atoms with E-state index in [0.717, 1.165) is 0 Å². The first-order valence-corrected chi connectivity index (χ1v) is 5.02. The van der Waals surface area contributed by atoms with Crippen LogP contribution in [0.5, 0.6) is 0 Å². The fourth-order valence-corrected chi connectivity index (χ4v) is 2.96. The second-order valence-corrected chi connectivity index (χ2v) is 6.41. The summed E-state index contributed by atoms with van der Waals surface area (Å²) < 4.78 is 26.8. The zero-order valence-electron chi connectivity index (χ0n) is 7.34. The molecule has 1 fully saturated rings. The van der Waals surface area contributed by atoms with Crippen molar-refractivity contribution in [3.8, 4) is 0 Å². The van der Waals surface area contributed by atoms with Gasteiger partial charge in [-0.2, -0.15) is 8.42 Å². The van der Waals surface area contributed by atoms with Crippen LogP contribution >= 0.6 is 0 Å². The summed E-state index contributed by atoms with van der Waals surface area (Å²) in [6.45, 7) is 6.97. The monoisotopic (exact) mass is 178 g/mol. The molecule has 0 N–H and O–H groups in total. The van der Waals surface area contributed by atoms with E-state index in [1.165, 1.54) is 0 Å². The smallest absolute Gasteiger partial charge is 0.264 e. The van der Waals surface area contributed by atoms with Crippen molar-refractivity contribution in [2.24, 2.45) is 0 Å². The number of hydrogen-bond donors (Lipinski definition) is 0. The van der Waals surface area contributed by atoms with E-state index in [0.29, 0.717) is 6.42 Å². The molecule has 0 saturated carbocycles. The van der Waals surface area contributed by atoms with E-state index in [-0.39, 0.29) is 0 Å². The summed E-state index contributed by atoms with van der Waals surface area (Å²) in [7, 11) is -3.33. The Morgan fingerprint density at radius 3 is 1.73 bits per heavy atom. The van der Waals surface area contributed by atoms with Crippen molar-refractivity contribution in [1.82, 2.24) is 0 Å². The van der Waals surface area contributed by atoms with Crippen molar-refractivity contribution >= 4 is 10.1 Å². The predicted molar refractivity (Wildman–Crippen MR) is 42.8 cm³/mol. The van der Waals surface area contributed by atoms with Gasteiger partial charge in [0.15, 0.2) is 0 Å². The number of hydrogen-bond acceptors (Lipinski definition) is 3. The fourth-order valence-electron chi connectivity index (χ4n) is 1.55. The average molecular weight is 178 g/mol. The molecule has 0 bridgehead atoms. The molecule has 1 rings (SSSR count). The molecule has 4 heteroatoms. The van der Waals surface area contributed by atoms with E-state index < -0.39 is 20.5 Å². The first kappa shape index (κ1) is 9.00. The summed E-state index contributed by atoms with van der Waals surface area (Å²) >= 11 is 0. The standard InChI is InChI=1S/C7H14O3S/c1-6(2)5-7(3,4)11(8,9)10-6/h5H2,1-4H3. The van der Waals surface area contributed by atoms with Crippen LogP contribution in [0.2, 0.25) is 0 Å². The Morgan fingerprint density at radius 1 is 1.18 bits per heavy atom. The summed E-state index contributed by atoms with van der Waals surface area (Å²) in [5, 5.41) is 0. The Hall–Kier alpha value is -0.0900. The van der Waals surface area contributed by atoms with Gasteiger partial charge in [0.25, 0.3) is 10.1 Å². The van der Waals surface area contributed by atoms with Gasteiger partial charge in [-0.1, -0.05) is 0 Å². The average Bonchev–Trinajstić information content (AvgIpc) is 1.66. The summed E-state index contributed by atoms with van der Waals surface area (Å²) in [4.78, 5) is 0. The second-order valence-electron chi connectivity index (χ2n) is 4.23. The molecule has 0 aromatic heterocycles. The fraction of sp³-hybridized carbons (Fsp3) is 1.00. The minimum absolute atomic E-state index is 0.525. The lowest BCUT2D eigenvalue weighted by molar-refractivity contribution is 0.138. The quantitative estimate of drug-likeness (QED) is 0.525. The Morgan fingerprint density at radius 2 is 1.64 bits per heavy atom. The van der Waals surface area contributed by atoms with Crippen molar-refractivity contribution < 1.29 is 12.6 Å². The van der Waals surface area contributed by atoms with Crippen LogP contribution in [0.3, 0.4) is 0 Å². The van der Waals surface area contributed by atoms with Crippen LogP contribution in [-0.4, -0.2) is 18.8 Å². The largest absolute Gasteiger partial charge is 0.273 e. The van der Waals surface area contributed by atoms with Crippen molar-refractivity contribution in [1.29, 1.82) is 0 Å². The molecule has 11 heavy (non-hydrogen) atoms. The summed E-state index contributed by atoms with van der Waals surface area (Å²) in [5.74, 6) is 0. The Balaban J connectivity index is 3.09. The van der Waals surface area contributed by atoms with Gasteiger partial charge in [-0.3, -0.25) is 4.18 Å². The normalized spacial score (nSPS) is 32.0. The minimum atomic E-state index is -3.33. The molecule has 0 unspecified atom stereocenters. The van der Waals surface area contributed by atoms with Gasteiger partial charge in [0.1, 0.15) is 0 Å². The molecular formula is C7H14O3S. The van der Waals surface area contributed by atoms with Gasteiger partial charge in [0.05, 0.1) is 10.3 Å². The van der Waals surface area contributed by atoms with E-state index in [9.17, 15) is 8.42 Å². The third-order valence-electron chi connectivity index (χ3n) is 1.86. The lowest BCUT2D eigenvalue weighted by atomic mass is 9.96. The van der Waals surface area contributed by atoms with Crippen molar-refractivity contribution in [2.75, 3.05) is 0 Å². The maximum Gasteiger partial charge on any atom is 0.273 e. The van der Waals surface area contributed by atoms with Gasteiger partial charge < -0.3 is 0 Å². The molecule has 0 radical (unpaired) electrons. The zero-order valence-corrected chi connectivity index (χ0v) is 8.16. The predicted octanol–water partition coefficient (Wildman–Crippen LogP) is 1.29. The van der Waals surface area contributed by atoms with Crippen LogP contribution in [0.15, 0.2) is 0 Å². The van der Waals surface area contributed by atoms with E-state index in [1.54, 1.807) is 27.7 Å². The first-order chi connectivity index (χ1) is 4.66. The minimum Gasteiger partial charge on any atom is -0.264 e. The topological polar surface area (TPSA) is 43.4 Å². The van der Waals surface area contributed by atoms with Gasteiger partial charge in [-0.25, -0.2) is 0 Å². The number of rotatable bonds is 0. The highest BCUT2D eigenvalue weighted by Crippen LogP contribution is 2.40. The summed E-state index contributed by atoms with van der Waals surface area (Å²) in [6.07, 6.45) is 0.558. The highest BCUT2D eigenvalue weighted by atomic mass is 32.2. The Kier molecular flexibility index (Phi) is 1.62. The molecule has 66 valence electrons. The van der Waals surface area contributed by atoms with Gasteiger partial charge in [-0.05, 0) is 34.1 Å². The molecule has 3 nitrogen and oxygen atoms in total. The molecule has 0 aliphatic carbocycles. The van der Waals surface area contributed by atoms with Crippen LogP contribution < -0.4 is 0 Å². The molecule has 0 amide bonds. The van der Waals surface area contributed by atoms with Gasteiger partial charge >= 0.3 is 0 Å². The van der Waals surface area contributed by atoms with Crippen LogP contribution in [0.4, 0.5) is 0 Å². The molecule has 1 heterocycles. The molecular weight excluding hydrogens is 164 g/mol. The molecule has 0 aromatic carbocycles. The molecule has 0 aromatic rings. The highest BCUT2D eigenvalue weighted by Gasteiger charge is 2.50. The van der Waals surface area contributed by atoms with Crippen LogP contribution in [0.1, 0.15) is 34.1 Å². The molecule has 1 saturated heterocycles. The highest BCUT2D eigenvalue weighted by molar-refractivity contribution is 7.88. The van der Waals surface area contributed by atoms with E-state index >= 15 is 0 Å². The van der Waals surface area contributed by atoms with E-state index in [1.807, 2.05) is 0 Å². The zero-order chi connectivity index (χ0) is 8.91. The summed E-state index contributed by atoms with van der Waals surface area (Å²) in [5.41, 5.74) is -0.525. The van der Waals surface area contributed by atoms with Gasteiger partial charge in [0, 0.05) is 0 Å². The molecule has 0 atom stereocenters. The van der Waals surface area contributed by atoms with Crippen LogP contribution in [0, 0.1) is 0 Å². The molecule has 0 spiro atoms. The van der Waals surface area contributed by atoms with Crippen LogP contribution in [-0.2, 0) is 14.3 Å². The van der Waals surface area contributed by atoms with Gasteiger partial charge in [0.2, 0.25) is 0 Å². The lowest BCUT2D eigenvalue weighted by Crippen LogP contribution is -2.26. The molecule has 1 aliphatic heterocycles.